The second-order valence-corrected chi connectivity index (χ2v) is 9.61. The van der Waals surface area contributed by atoms with Crippen LogP contribution < -0.4 is 20.1 Å². The van der Waals surface area contributed by atoms with Gasteiger partial charge >= 0.3 is 0 Å². The van der Waals surface area contributed by atoms with E-state index in [2.05, 4.69) is 10.6 Å². The SMILES string of the molecule is CNC(=O)[C@H](CSCc1ccc(OC)cc1)CC(=O)[C@H](CSCc1ccc(OC)cc1)NC. The van der Waals surface area contributed by atoms with Gasteiger partial charge in [-0.05, 0) is 42.4 Å². The number of likely N-dealkylation sites (N-methyl/N-ethyl adjacent to an activating group) is 1. The molecule has 2 aromatic carbocycles. The number of amides is 1. The molecule has 0 saturated carbocycles. The van der Waals surface area contributed by atoms with Gasteiger partial charge in [-0.1, -0.05) is 24.3 Å². The lowest BCUT2D eigenvalue weighted by atomic mass is 10.00. The summed E-state index contributed by atoms with van der Waals surface area (Å²) in [6, 6.07) is 15.5. The molecule has 0 fully saturated rings. The van der Waals surface area contributed by atoms with E-state index in [-0.39, 0.29) is 30.1 Å². The van der Waals surface area contributed by atoms with Crippen LogP contribution in [0.15, 0.2) is 48.5 Å². The molecule has 0 bridgehead atoms. The molecule has 0 unspecified atom stereocenters. The fraction of sp³-hybridized carbons (Fsp3) is 0.440. The minimum absolute atomic E-state index is 0.0679. The van der Waals surface area contributed by atoms with Gasteiger partial charge in [0.05, 0.1) is 26.2 Å². The Balaban J connectivity index is 1.83. The summed E-state index contributed by atoms with van der Waals surface area (Å²) in [4.78, 5) is 25.3. The number of ketones is 1. The lowest BCUT2D eigenvalue weighted by molar-refractivity contribution is -0.129. The standard InChI is InChI=1S/C25H34N2O4S2/c1-26-23(17-33-15-19-7-11-22(31-4)12-8-19)24(28)13-20(25(29)27-2)16-32-14-18-5-9-21(30-3)10-6-18/h5-12,20,23,26H,13-17H2,1-4H3,(H,27,29)/t20-,23-/m0/s1. The molecule has 0 radical (unpaired) electrons. The predicted molar refractivity (Wildman–Crippen MR) is 138 cm³/mol. The Morgan fingerprint density at radius 2 is 1.30 bits per heavy atom. The van der Waals surface area contributed by atoms with E-state index in [0.717, 1.165) is 28.6 Å². The number of rotatable bonds is 15. The third-order valence-corrected chi connectivity index (χ3v) is 7.54. The predicted octanol–water partition coefficient (Wildman–Crippen LogP) is 3.78. The first-order valence-corrected chi connectivity index (χ1v) is 13.1. The van der Waals surface area contributed by atoms with Crippen molar-refractivity contribution in [2.75, 3.05) is 39.8 Å². The first-order valence-electron chi connectivity index (χ1n) is 10.8. The quantitative estimate of drug-likeness (QED) is 0.393. The molecule has 6 nitrogen and oxygen atoms in total. The summed E-state index contributed by atoms with van der Waals surface area (Å²) in [5, 5.41) is 5.83. The third-order valence-electron chi connectivity index (χ3n) is 5.26. The number of ether oxygens (including phenoxy) is 2. The van der Waals surface area contributed by atoms with Crippen molar-refractivity contribution in [1.29, 1.82) is 0 Å². The average Bonchev–Trinajstić information content (AvgIpc) is 2.86. The van der Waals surface area contributed by atoms with Crippen molar-refractivity contribution in [2.24, 2.45) is 5.92 Å². The largest absolute Gasteiger partial charge is 0.497 e. The van der Waals surface area contributed by atoms with Crippen molar-refractivity contribution in [3.05, 3.63) is 59.7 Å². The van der Waals surface area contributed by atoms with E-state index in [4.69, 9.17) is 9.47 Å². The van der Waals surface area contributed by atoms with Gasteiger partial charge in [0.1, 0.15) is 11.5 Å². The smallest absolute Gasteiger partial charge is 0.224 e. The summed E-state index contributed by atoms with van der Waals surface area (Å²) < 4.78 is 10.4. The number of benzene rings is 2. The highest BCUT2D eigenvalue weighted by atomic mass is 32.2. The van der Waals surface area contributed by atoms with E-state index in [1.807, 2.05) is 48.5 Å². The molecule has 2 N–H and O–H groups in total. The van der Waals surface area contributed by atoms with Gasteiger partial charge in [0.15, 0.2) is 5.78 Å². The number of Topliss-reactive ketones (excluding diaryl/α,β-unsaturated/α-hetero) is 1. The van der Waals surface area contributed by atoms with Crippen LogP contribution in [0.4, 0.5) is 0 Å². The summed E-state index contributed by atoms with van der Waals surface area (Å²) in [5.41, 5.74) is 2.34. The minimum Gasteiger partial charge on any atom is -0.497 e. The normalized spacial score (nSPS) is 12.6. The van der Waals surface area contributed by atoms with Crippen LogP contribution in [0.5, 0.6) is 11.5 Å². The topological polar surface area (TPSA) is 76.7 Å². The van der Waals surface area contributed by atoms with Crippen LogP contribution >= 0.6 is 23.5 Å². The lowest BCUT2D eigenvalue weighted by Crippen LogP contribution is -2.40. The van der Waals surface area contributed by atoms with Crippen LogP contribution in [0.25, 0.3) is 0 Å². The molecule has 2 aromatic rings. The maximum Gasteiger partial charge on any atom is 0.224 e. The van der Waals surface area contributed by atoms with Gasteiger partial charge < -0.3 is 20.1 Å². The number of hydrogen-bond donors (Lipinski definition) is 2. The molecule has 8 heteroatoms. The van der Waals surface area contributed by atoms with Gasteiger partial charge in [0.2, 0.25) is 5.91 Å². The van der Waals surface area contributed by atoms with Crippen LogP contribution in [0.1, 0.15) is 17.5 Å². The van der Waals surface area contributed by atoms with Crippen molar-refractivity contribution in [2.45, 2.75) is 24.0 Å². The van der Waals surface area contributed by atoms with E-state index in [1.165, 1.54) is 5.56 Å². The fourth-order valence-electron chi connectivity index (χ4n) is 3.21. The van der Waals surface area contributed by atoms with E-state index < -0.39 is 0 Å². The molecule has 0 heterocycles. The second-order valence-electron chi connectivity index (χ2n) is 7.55. The van der Waals surface area contributed by atoms with Crippen molar-refractivity contribution in [3.8, 4) is 11.5 Å². The highest BCUT2D eigenvalue weighted by molar-refractivity contribution is 7.98. The monoisotopic (exact) mass is 490 g/mol. The Kier molecular flexibility index (Phi) is 12.2. The highest BCUT2D eigenvalue weighted by Crippen LogP contribution is 2.22. The van der Waals surface area contributed by atoms with E-state index in [1.54, 1.807) is 51.8 Å². The van der Waals surface area contributed by atoms with Crippen LogP contribution in [-0.4, -0.2) is 57.6 Å². The zero-order chi connectivity index (χ0) is 24.1. The Bertz CT molecular complexity index is 860. The summed E-state index contributed by atoms with van der Waals surface area (Å²) in [6.45, 7) is 0. The summed E-state index contributed by atoms with van der Waals surface area (Å²) in [6.07, 6.45) is 0.226. The Morgan fingerprint density at radius 3 is 1.73 bits per heavy atom. The van der Waals surface area contributed by atoms with Gasteiger partial charge in [-0.3, -0.25) is 9.59 Å². The van der Waals surface area contributed by atoms with Gasteiger partial charge in [-0.2, -0.15) is 23.5 Å². The molecule has 0 spiro atoms. The molecule has 1 amide bonds. The molecule has 33 heavy (non-hydrogen) atoms. The molecule has 0 aromatic heterocycles. The Morgan fingerprint density at radius 1 is 0.818 bits per heavy atom. The van der Waals surface area contributed by atoms with Crippen LogP contribution in [0.3, 0.4) is 0 Å². The van der Waals surface area contributed by atoms with Gasteiger partial charge in [0.25, 0.3) is 0 Å². The second kappa shape index (κ2) is 14.9. The van der Waals surface area contributed by atoms with Crippen molar-refractivity contribution in [3.63, 3.8) is 0 Å². The van der Waals surface area contributed by atoms with Gasteiger partial charge in [-0.25, -0.2) is 0 Å². The maximum absolute atomic E-state index is 12.9. The van der Waals surface area contributed by atoms with Gasteiger partial charge in [-0.15, -0.1) is 0 Å². The number of hydrogen-bond acceptors (Lipinski definition) is 7. The zero-order valence-electron chi connectivity index (χ0n) is 19.8. The number of methoxy groups -OCH3 is 2. The molecule has 2 rings (SSSR count). The molecule has 0 aliphatic heterocycles. The maximum atomic E-state index is 12.9. The molecule has 0 aliphatic rings. The first kappa shape index (κ1) is 27.1. The number of carbonyl (C=O) groups is 2. The first-order chi connectivity index (χ1) is 16.0. The molecule has 2 atom stereocenters. The highest BCUT2D eigenvalue weighted by Gasteiger charge is 2.25. The average molecular weight is 491 g/mol. The van der Waals surface area contributed by atoms with Crippen LogP contribution in [-0.2, 0) is 21.1 Å². The van der Waals surface area contributed by atoms with E-state index >= 15 is 0 Å². The van der Waals surface area contributed by atoms with E-state index in [0.29, 0.717) is 11.5 Å². The molecular weight excluding hydrogens is 456 g/mol. The van der Waals surface area contributed by atoms with Crippen LogP contribution in [0.2, 0.25) is 0 Å². The summed E-state index contributed by atoms with van der Waals surface area (Å²) in [7, 11) is 6.71. The molecule has 0 saturated heterocycles. The van der Waals surface area contributed by atoms with Gasteiger partial charge in [0, 0.05) is 36.5 Å². The minimum atomic E-state index is -0.354. The molecular formula is C25H34N2O4S2. The van der Waals surface area contributed by atoms with Crippen molar-refractivity contribution in [1.82, 2.24) is 10.6 Å². The molecule has 180 valence electrons. The number of carbonyl (C=O) groups excluding carboxylic acids is 2. The number of thioether (sulfide) groups is 2. The zero-order valence-corrected chi connectivity index (χ0v) is 21.4. The lowest BCUT2D eigenvalue weighted by Gasteiger charge is -2.19. The third kappa shape index (κ3) is 9.31. The summed E-state index contributed by atoms with van der Waals surface area (Å²) in [5.74, 6) is 4.11. The Labute approximate surface area is 205 Å². The van der Waals surface area contributed by atoms with E-state index in [9.17, 15) is 9.59 Å². The Hall–Kier alpha value is -2.16. The van der Waals surface area contributed by atoms with Crippen molar-refractivity contribution >= 4 is 35.2 Å². The van der Waals surface area contributed by atoms with Crippen LogP contribution in [0, 0.1) is 5.92 Å². The molecule has 0 aliphatic carbocycles. The number of nitrogens with one attached hydrogen (secondary N) is 2. The fourth-order valence-corrected chi connectivity index (χ4v) is 5.45. The van der Waals surface area contributed by atoms with Crippen molar-refractivity contribution < 1.29 is 19.1 Å². The summed E-state index contributed by atoms with van der Waals surface area (Å²) >= 11 is 3.36.